The largest absolute Gasteiger partial charge is 0.383 e. The predicted octanol–water partition coefficient (Wildman–Crippen LogP) is 3.42. The van der Waals surface area contributed by atoms with Crippen LogP contribution in [0.2, 0.25) is 0 Å². The van der Waals surface area contributed by atoms with Gasteiger partial charge >= 0.3 is 0 Å². The molecular formula is C16H23N3S. The molecule has 0 aromatic heterocycles. The van der Waals surface area contributed by atoms with Crippen LogP contribution < -0.4 is 5.32 Å². The van der Waals surface area contributed by atoms with Crippen LogP contribution in [0.5, 0.6) is 0 Å². The predicted molar refractivity (Wildman–Crippen MR) is 86.3 cm³/mol. The average molecular weight is 289 g/mol. The van der Waals surface area contributed by atoms with Gasteiger partial charge in [0, 0.05) is 11.4 Å². The Kier molecular flexibility index (Phi) is 4.95. The van der Waals surface area contributed by atoms with Gasteiger partial charge in [0.25, 0.3) is 0 Å². The van der Waals surface area contributed by atoms with Gasteiger partial charge in [0.2, 0.25) is 0 Å². The van der Waals surface area contributed by atoms with Crippen LogP contribution in [0.15, 0.2) is 23.1 Å². The van der Waals surface area contributed by atoms with Gasteiger partial charge < -0.3 is 10.2 Å². The summed E-state index contributed by atoms with van der Waals surface area (Å²) in [4.78, 5) is 3.43. The van der Waals surface area contributed by atoms with E-state index < -0.39 is 0 Å². The van der Waals surface area contributed by atoms with Crippen molar-refractivity contribution in [3.63, 3.8) is 0 Å². The van der Waals surface area contributed by atoms with Crippen LogP contribution in [-0.2, 0) is 0 Å². The smallest absolute Gasteiger partial charge is 0.102 e. The number of thioether (sulfide) groups is 1. The SMILES string of the molecule is CSc1cccc(NCC2(C)CCN(C)CC2)c1C#N. The first-order valence-electron chi connectivity index (χ1n) is 7.07. The molecule has 20 heavy (non-hydrogen) atoms. The Morgan fingerprint density at radius 1 is 1.40 bits per heavy atom. The van der Waals surface area contributed by atoms with Crippen molar-refractivity contribution >= 4 is 17.4 Å². The molecule has 1 N–H and O–H groups in total. The normalized spacial score (nSPS) is 18.5. The number of hydrogen-bond acceptors (Lipinski definition) is 4. The molecule has 2 rings (SSSR count). The number of nitrogens with zero attached hydrogens (tertiary/aromatic N) is 2. The quantitative estimate of drug-likeness (QED) is 0.862. The Morgan fingerprint density at radius 2 is 2.10 bits per heavy atom. The molecule has 1 aromatic carbocycles. The molecule has 4 heteroatoms. The second-order valence-electron chi connectivity index (χ2n) is 5.96. The summed E-state index contributed by atoms with van der Waals surface area (Å²) >= 11 is 1.63. The minimum absolute atomic E-state index is 0.328. The van der Waals surface area contributed by atoms with E-state index in [1.54, 1.807) is 11.8 Å². The lowest BCUT2D eigenvalue weighted by Crippen LogP contribution is -2.40. The van der Waals surface area contributed by atoms with Gasteiger partial charge in [-0.1, -0.05) is 13.0 Å². The van der Waals surface area contributed by atoms with Gasteiger partial charge in [0.15, 0.2) is 0 Å². The van der Waals surface area contributed by atoms with Crippen LogP contribution in [-0.4, -0.2) is 37.8 Å². The first-order chi connectivity index (χ1) is 9.58. The molecule has 1 aromatic rings. The van der Waals surface area contributed by atoms with Crippen molar-refractivity contribution < 1.29 is 0 Å². The van der Waals surface area contributed by atoms with Gasteiger partial charge in [-0.15, -0.1) is 11.8 Å². The van der Waals surface area contributed by atoms with Gasteiger partial charge in [0.1, 0.15) is 6.07 Å². The van der Waals surface area contributed by atoms with E-state index in [0.29, 0.717) is 5.41 Å². The summed E-state index contributed by atoms with van der Waals surface area (Å²) in [5.41, 5.74) is 2.07. The van der Waals surface area contributed by atoms with Crippen LogP contribution in [0.25, 0.3) is 0 Å². The standard InChI is InChI=1S/C16H23N3S/c1-16(7-9-19(2)10-8-16)12-18-14-5-4-6-15(20-3)13(14)11-17/h4-6,18H,7-10,12H2,1-3H3. The van der Waals surface area contributed by atoms with Crippen LogP contribution in [0.4, 0.5) is 5.69 Å². The number of piperidine rings is 1. The Hall–Kier alpha value is -1.18. The lowest BCUT2D eigenvalue weighted by molar-refractivity contribution is 0.150. The molecule has 0 amide bonds. The number of anilines is 1. The molecule has 1 aliphatic rings. The highest BCUT2D eigenvalue weighted by Gasteiger charge is 2.28. The molecule has 0 bridgehead atoms. The molecule has 1 fully saturated rings. The Balaban J connectivity index is 2.06. The third-order valence-corrected chi connectivity index (χ3v) is 5.04. The second-order valence-corrected chi connectivity index (χ2v) is 6.81. The molecule has 0 spiro atoms. The number of nitriles is 1. The zero-order valence-corrected chi connectivity index (χ0v) is 13.4. The first kappa shape index (κ1) is 15.2. The number of rotatable bonds is 4. The lowest BCUT2D eigenvalue weighted by Gasteiger charge is -2.38. The first-order valence-corrected chi connectivity index (χ1v) is 8.30. The minimum Gasteiger partial charge on any atom is -0.383 e. The highest BCUT2D eigenvalue weighted by molar-refractivity contribution is 7.98. The fraction of sp³-hybridized carbons (Fsp3) is 0.562. The van der Waals surface area contributed by atoms with Crippen molar-refractivity contribution in [1.29, 1.82) is 5.26 Å². The summed E-state index contributed by atoms with van der Waals surface area (Å²) < 4.78 is 0. The Labute approximate surface area is 126 Å². The molecule has 1 heterocycles. The van der Waals surface area contributed by atoms with Gasteiger partial charge in [-0.05, 0) is 56.8 Å². The van der Waals surface area contributed by atoms with Crippen molar-refractivity contribution in [1.82, 2.24) is 4.90 Å². The number of benzene rings is 1. The van der Waals surface area contributed by atoms with Crippen LogP contribution in [0.1, 0.15) is 25.3 Å². The van der Waals surface area contributed by atoms with Gasteiger partial charge in [-0.2, -0.15) is 5.26 Å². The maximum Gasteiger partial charge on any atom is 0.102 e. The number of likely N-dealkylation sites (tertiary alicyclic amines) is 1. The molecular weight excluding hydrogens is 266 g/mol. The zero-order valence-electron chi connectivity index (χ0n) is 12.6. The molecule has 1 saturated heterocycles. The third kappa shape index (κ3) is 3.47. The van der Waals surface area contributed by atoms with Crippen LogP contribution in [0, 0.1) is 16.7 Å². The molecule has 108 valence electrons. The summed E-state index contributed by atoms with van der Waals surface area (Å²) in [6, 6.07) is 8.37. The summed E-state index contributed by atoms with van der Waals surface area (Å²) in [6.45, 7) is 5.60. The molecule has 1 aliphatic heterocycles. The molecule has 0 atom stereocenters. The van der Waals surface area contributed by atoms with Crippen molar-refractivity contribution in [2.45, 2.75) is 24.7 Å². The van der Waals surface area contributed by atoms with E-state index in [2.05, 4.69) is 30.3 Å². The molecule has 3 nitrogen and oxygen atoms in total. The Bertz CT molecular complexity index is 499. The van der Waals surface area contributed by atoms with Gasteiger partial charge in [0.05, 0.1) is 11.3 Å². The molecule has 0 saturated carbocycles. The monoisotopic (exact) mass is 289 g/mol. The minimum atomic E-state index is 0.328. The average Bonchev–Trinajstić information content (AvgIpc) is 2.48. The van der Waals surface area contributed by atoms with E-state index in [4.69, 9.17) is 0 Å². The topological polar surface area (TPSA) is 39.1 Å². The van der Waals surface area contributed by atoms with Crippen LogP contribution in [0.3, 0.4) is 0 Å². The van der Waals surface area contributed by atoms with E-state index in [1.807, 2.05) is 24.5 Å². The summed E-state index contributed by atoms with van der Waals surface area (Å²) in [7, 11) is 2.18. The second kappa shape index (κ2) is 6.51. The third-order valence-electron chi connectivity index (χ3n) is 4.26. The summed E-state index contributed by atoms with van der Waals surface area (Å²) in [5.74, 6) is 0. The fourth-order valence-electron chi connectivity index (χ4n) is 2.61. The van der Waals surface area contributed by atoms with E-state index in [-0.39, 0.29) is 0 Å². The molecule has 0 radical (unpaired) electrons. The highest BCUT2D eigenvalue weighted by Crippen LogP contribution is 2.32. The summed E-state index contributed by atoms with van der Waals surface area (Å²) in [5, 5.41) is 12.9. The van der Waals surface area contributed by atoms with Gasteiger partial charge in [-0.25, -0.2) is 0 Å². The van der Waals surface area contributed by atoms with E-state index in [0.717, 1.165) is 35.8 Å². The van der Waals surface area contributed by atoms with Crippen LogP contribution >= 0.6 is 11.8 Å². The van der Waals surface area contributed by atoms with E-state index in [9.17, 15) is 5.26 Å². The lowest BCUT2D eigenvalue weighted by atomic mass is 9.80. The number of nitrogens with one attached hydrogen (secondary N) is 1. The zero-order chi connectivity index (χ0) is 14.6. The summed E-state index contributed by atoms with van der Waals surface area (Å²) in [6.07, 6.45) is 4.43. The molecule has 0 aliphatic carbocycles. The highest BCUT2D eigenvalue weighted by atomic mass is 32.2. The van der Waals surface area contributed by atoms with Crippen molar-refractivity contribution in [3.8, 4) is 6.07 Å². The fourth-order valence-corrected chi connectivity index (χ4v) is 3.18. The van der Waals surface area contributed by atoms with Crippen molar-refractivity contribution in [2.24, 2.45) is 5.41 Å². The molecule has 0 unspecified atom stereocenters. The van der Waals surface area contributed by atoms with Crippen molar-refractivity contribution in [2.75, 3.05) is 38.3 Å². The Morgan fingerprint density at radius 3 is 2.70 bits per heavy atom. The maximum atomic E-state index is 9.36. The van der Waals surface area contributed by atoms with E-state index in [1.165, 1.54) is 12.8 Å². The van der Waals surface area contributed by atoms with E-state index >= 15 is 0 Å². The van der Waals surface area contributed by atoms with Crippen molar-refractivity contribution in [3.05, 3.63) is 23.8 Å². The van der Waals surface area contributed by atoms with Gasteiger partial charge in [-0.3, -0.25) is 0 Å². The number of hydrogen-bond donors (Lipinski definition) is 1. The maximum absolute atomic E-state index is 9.36.